The highest BCUT2D eigenvalue weighted by Crippen LogP contribution is 2.19. The Bertz CT molecular complexity index is 478. The van der Waals surface area contributed by atoms with Gasteiger partial charge in [-0.2, -0.15) is 0 Å². The smallest absolute Gasteiger partial charge is 0.423 e. The van der Waals surface area contributed by atoms with E-state index in [1.165, 1.54) is 12.1 Å². The Kier molecular flexibility index (Phi) is 6.50. The maximum Gasteiger partial charge on any atom is 0.495 e. The Morgan fingerprint density at radius 3 is 1.81 bits per heavy atom. The Hall–Kier alpha value is -1.48. The second-order valence-corrected chi connectivity index (χ2v) is 5.81. The first-order valence-corrected chi connectivity index (χ1v) is 6.33. The van der Waals surface area contributed by atoms with E-state index in [1.54, 1.807) is 40.7 Å². The average molecular weight is 299 g/mol. The van der Waals surface area contributed by atoms with Crippen molar-refractivity contribution < 1.29 is 25.2 Å². The standard InChI is InChI=1S/C7H8BNO4.C6H14O2/c1-5-2-3-6(8(10)11)7(4-5)9(12)13;1-5(2,7)6(3,4)8/h2-4,10-11H,1H3;7-8H,1-4H3. The number of hydrogen-bond donors (Lipinski definition) is 4. The van der Waals surface area contributed by atoms with Crippen LogP contribution in [0.5, 0.6) is 0 Å². The van der Waals surface area contributed by atoms with Crippen molar-refractivity contribution in [1.82, 2.24) is 0 Å². The van der Waals surface area contributed by atoms with E-state index in [0.717, 1.165) is 0 Å². The molecule has 0 radical (unpaired) electrons. The molecule has 1 rings (SSSR count). The summed E-state index contributed by atoms with van der Waals surface area (Å²) in [6, 6.07) is 4.22. The normalized spacial score (nSPS) is 11.5. The highest BCUT2D eigenvalue weighted by atomic mass is 16.6. The van der Waals surface area contributed by atoms with E-state index in [1.807, 2.05) is 0 Å². The van der Waals surface area contributed by atoms with Gasteiger partial charge in [0.2, 0.25) is 0 Å². The van der Waals surface area contributed by atoms with E-state index in [4.69, 9.17) is 20.3 Å². The molecule has 0 aliphatic rings. The molecule has 0 bridgehead atoms. The molecule has 0 amide bonds. The first-order chi connectivity index (χ1) is 9.27. The summed E-state index contributed by atoms with van der Waals surface area (Å²) in [5, 5.41) is 46.3. The number of nitrogens with zero attached hydrogens (tertiary/aromatic N) is 1. The fraction of sp³-hybridized carbons (Fsp3) is 0.538. The van der Waals surface area contributed by atoms with Crippen LogP contribution in [-0.4, -0.2) is 43.5 Å². The van der Waals surface area contributed by atoms with Crippen molar-refractivity contribution >= 4 is 18.3 Å². The van der Waals surface area contributed by atoms with Crippen molar-refractivity contribution in [2.24, 2.45) is 0 Å². The SMILES string of the molecule is CC(C)(O)C(C)(C)O.Cc1ccc(B(O)O)c([N+](=O)[O-])c1. The van der Waals surface area contributed by atoms with Gasteiger partial charge in [0.25, 0.3) is 5.69 Å². The summed E-state index contributed by atoms with van der Waals surface area (Å²) in [5.74, 6) is 0. The van der Waals surface area contributed by atoms with Gasteiger partial charge in [0.15, 0.2) is 0 Å². The van der Waals surface area contributed by atoms with Crippen molar-refractivity contribution in [1.29, 1.82) is 0 Å². The zero-order chi connectivity index (χ0) is 17.0. The molecule has 0 saturated carbocycles. The van der Waals surface area contributed by atoms with E-state index >= 15 is 0 Å². The molecule has 0 saturated heterocycles. The van der Waals surface area contributed by atoms with Gasteiger partial charge < -0.3 is 20.3 Å². The summed E-state index contributed by atoms with van der Waals surface area (Å²) in [5.41, 5.74) is -1.67. The topological polar surface area (TPSA) is 124 Å². The maximum atomic E-state index is 10.5. The molecular formula is C13H22BNO6. The number of nitro groups is 1. The van der Waals surface area contributed by atoms with Crippen LogP contribution >= 0.6 is 0 Å². The summed E-state index contributed by atoms with van der Waals surface area (Å²) in [6.07, 6.45) is 0. The average Bonchev–Trinajstić information content (AvgIpc) is 2.26. The predicted octanol–water partition coefficient (Wildman–Crippen LogP) is 0.111. The number of aryl methyl sites for hydroxylation is 1. The van der Waals surface area contributed by atoms with Crippen LogP contribution in [0.2, 0.25) is 0 Å². The second-order valence-electron chi connectivity index (χ2n) is 5.81. The van der Waals surface area contributed by atoms with Gasteiger partial charge in [-0.3, -0.25) is 10.1 Å². The molecule has 0 aliphatic carbocycles. The summed E-state index contributed by atoms with van der Waals surface area (Å²) < 4.78 is 0. The third-order valence-electron chi connectivity index (χ3n) is 3.16. The van der Waals surface area contributed by atoms with Crippen molar-refractivity contribution in [2.45, 2.75) is 45.8 Å². The highest BCUT2D eigenvalue weighted by Gasteiger charge is 2.31. The van der Waals surface area contributed by atoms with Crippen molar-refractivity contribution in [3.05, 3.63) is 33.9 Å². The molecule has 1 aromatic rings. The molecule has 0 spiro atoms. The minimum absolute atomic E-state index is 0.0874. The van der Waals surface area contributed by atoms with E-state index < -0.39 is 23.2 Å². The predicted molar refractivity (Wildman–Crippen MR) is 80.3 cm³/mol. The summed E-state index contributed by atoms with van der Waals surface area (Å²) in [7, 11) is -1.80. The van der Waals surface area contributed by atoms with Crippen molar-refractivity contribution in [2.75, 3.05) is 0 Å². The molecule has 0 heterocycles. The molecule has 21 heavy (non-hydrogen) atoms. The second kappa shape index (κ2) is 6.99. The number of aliphatic hydroxyl groups is 2. The molecule has 0 atom stereocenters. The highest BCUT2D eigenvalue weighted by molar-refractivity contribution is 6.60. The molecule has 0 aliphatic heterocycles. The van der Waals surface area contributed by atoms with Crippen molar-refractivity contribution in [3.63, 3.8) is 0 Å². The van der Waals surface area contributed by atoms with Gasteiger partial charge in [-0.05, 0) is 40.2 Å². The number of hydrogen-bond acceptors (Lipinski definition) is 6. The third-order valence-corrected chi connectivity index (χ3v) is 3.16. The Labute approximate surface area is 124 Å². The fourth-order valence-corrected chi connectivity index (χ4v) is 1.03. The van der Waals surface area contributed by atoms with Crippen LogP contribution in [0.3, 0.4) is 0 Å². The Balaban J connectivity index is 0.000000433. The van der Waals surface area contributed by atoms with Crippen LogP contribution in [0.15, 0.2) is 18.2 Å². The Morgan fingerprint density at radius 1 is 1.10 bits per heavy atom. The van der Waals surface area contributed by atoms with Crippen LogP contribution in [0.1, 0.15) is 33.3 Å². The summed E-state index contributed by atoms with van der Waals surface area (Å²) in [4.78, 5) is 9.82. The summed E-state index contributed by atoms with van der Waals surface area (Å²) in [6.45, 7) is 8.00. The van der Waals surface area contributed by atoms with Crippen LogP contribution < -0.4 is 5.46 Å². The molecule has 0 fully saturated rings. The van der Waals surface area contributed by atoms with Crippen LogP contribution in [-0.2, 0) is 0 Å². The fourth-order valence-electron chi connectivity index (χ4n) is 1.03. The van der Waals surface area contributed by atoms with E-state index in [9.17, 15) is 10.1 Å². The molecule has 8 heteroatoms. The Morgan fingerprint density at radius 2 is 1.52 bits per heavy atom. The van der Waals surface area contributed by atoms with E-state index in [-0.39, 0.29) is 11.2 Å². The van der Waals surface area contributed by atoms with Gasteiger partial charge in [0.05, 0.1) is 21.6 Å². The van der Waals surface area contributed by atoms with Crippen LogP contribution in [0, 0.1) is 17.0 Å². The lowest BCUT2D eigenvalue weighted by molar-refractivity contribution is -0.383. The number of rotatable bonds is 3. The quantitative estimate of drug-likeness (QED) is 0.357. The lowest BCUT2D eigenvalue weighted by Gasteiger charge is -2.31. The zero-order valence-electron chi connectivity index (χ0n) is 12.9. The van der Waals surface area contributed by atoms with Crippen LogP contribution in [0.25, 0.3) is 0 Å². The van der Waals surface area contributed by atoms with Crippen LogP contribution in [0.4, 0.5) is 5.69 Å². The molecule has 7 nitrogen and oxygen atoms in total. The number of nitro benzene ring substituents is 1. The first-order valence-electron chi connectivity index (χ1n) is 6.33. The minimum atomic E-state index is -1.80. The minimum Gasteiger partial charge on any atom is -0.423 e. The first kappa shape index (κ1) is 19.5. The lowest BCUT2D eigenvalue weighted by atomic mass is 9.78. The monoisotopic (exact) mass is 299 g/mol. The third kappa shape index (κ3) is 6.22. The van der Waals surface area contributed by atoms with Gasteiger partial charge in [0, 0.05) is 6.07 Å². The molecule has 4 N–H and O–H groups in total. The van der Waals surface area contributed by atoms with Gasteiger partial charge >= 0.3 is 7.12 Å². The molecule has 0 unspecified atom stereocenters. The molecular weight excluding hydrogens is 277 g/mol. The lowest BCUT2D eigenvalue weighted by Crippen LogP contribution is -2.44. The number of benzene rings is 1. The molecule has 0 aromatic heterocycles. The maximum absolute atomic E-state index is 10.5. The van der Waals surface area contributed by atoms with Gasteiger partial charge in [-0.25, -0.2) is 0 Å². The zero-order valence-corrected chi connectivity index (χ0v) is 12.9. The van der Waals surface area contributed by atoms with Gasteiger partial charge in [0.1, 0.15) is 0 Å². The van der Waals surface area contributed by atoms with E-state index in [2.05, 4.69) is 0 Å². The van der Waals surface area contributed by atoms with Gasteiger partial charge in [-0.15, -0.1) is 0 Å². The summed E-state index contributed by atoms with van der Waals surface area (Å²) >= 11 is 0. The molecule has 1 aromatic carbocycles. The van der Waals surface area contributed by atoms with Crippen molar-refractivity contribution in [3.8, 4) is 0 Å². The van der Waals surface area contributed by atoms with Gasteiger partial charge in [-0.1, -0.05) is 12.1 Å². The van der Waals surface area contributed by atoms with E-state index in [0.29, 0.717) is 5.56 Å². The molecule has 118 valence electrons. The largest absolute Gasteiger partial charge is 0.495 e.